The number of hydrogen-bond acceptors (Lipinski definition) is 5. The number of rotatable bonds is 48. The van der Waals surface area contributed by atoms with E-state index in [9.17, 15) is 9.59 Å². The molecule has 0 saturated heterocycles. The van der Waals surface area contributed by atoms with Crippen molar-refractivity contribution < 1.29 is 19.1 Å². The van der Waals surface area contributed by atoms with E-state index in [2.05, 4.69) is 38.5 Å². The van der Waals surface area contributed by atoms with Gasteiger partial charge in [0.15, 0.2) is 0 Å². The zero-order valence-corrected chi connectivity index (χ0v) is 40.4. The molecule has 0 radical (unpaired) electrons. The third-order valence-corrected chi connectivity index (χ3v) is 12.4. The van der Waals surface area contributed by atoms with Crippen LogP contribution in [0.5, 0.6) is 0 Å². The summed E-state index contributed by atoms with van der Waals surface area (Å²) in [5, 5.41) is 0. The normalized spacial score (nSPS) is 11.6. The van der Waals surface area contributed by atoms with Crippen LogP contribution in [0, 0.1) is 12.3 Å². The molecule has 0 aromatic rings. The van der Waals surface area contributed by atoms with Crippen LogP contribution in [-0.4, -0.2) is 48.7 Å². The molecule has 0 heterocycles. The molecule has 0 aromatic carbocycles. The minimum absolute atomic E-state index is 0.0265. The summed E-state index contributed by atoms with van der Waals surface area (Å²) in [5.74, 6) is 2.89. The summed E-state index contributed by atoms with van der Waals surface area (Å²) >= 11 is 0. The van der Waals surface area contributed by atoms with Gasteiger partial charge < -0.3 is 14.4 Å². The summed E-state index contributed by atoms with van der Waals surface area (Å²) in [6, 6.07) is 0. The molecule has 0 spiro atoms. The topological polar surface area (TPSA) is 55.8 Å². The third kappa shape index (κ3) is 42.9. The van der Waals surface area contributed by atoms with Gasteiger partial charge in [-0.15, -0.1) is 12.3 Å². The molecule has 5 heteroatoms. The molecule has 0 aromatic heterocycles. The number of esters is 2. The molecule has 0 amide bonds. The largest absolute Gasteiger partial charge is 0.462 e. The Morgan fingerprint density at radius 3 is 0.966 bits per heavy atom. The Balaban J connectivity index is 4.30. The molecule has 0 rings (SSSR count). The first-order chi connectivity index (χ1) is 29.0. The Morgan fingerprint density at radius 1 is 0.390 bits per heavy atom. The van der Waals surface area contributed by atoms with Crippen LogP contribution in [0.15, 0.2) is 0 Å². The van der Waals surface area contributed by atoms with E-state index in [1.165, 1.54) is 193 Å². The Bertz CT molecular complexity index is 819. The highest BCUT2D eigenvalue weighted by atomic mass is 16.5. The van der Waals surface area contributed by atoms with Crippen molar-refractivity contribution in [3.63, 3.8) is 0 Å². The Kier molecular flexibility index (Phi) is 46.3. The maximum Gasteiger partial charge on any atom is 0.306 e. The minimum atomic E-state index is 0.0265. The molecule has 0 aliphatic rings. The van der Waals surface area contributed by atoms with Crippen molar-refractivity contribution in [1.29, 1.82) is 0 Å². The van der Waals surface area contributed by atoms with Crippen molar-refractivity contribution in [3.05, 3.63) is 0 Å². The number of carbonyl (C=O) groups is 2. The van der Waals surface area contributed by atoms with Gasteiger partial charge in [0, 0.05) is 25.8 Å². The predicted octanol–water partition coefficient (Wildman–Crippen LogP) is 16.8. The average molecular weight is 830 g/mol. The van der Waals surface area contributed by atoms with Crippen LogP contribution in [0.3, 0.4) is 0 Å². The van der Waals surface area contributed by atoms with Gasteiger partial charge in [0.1, 0.15) is 12.2 Å². The van der Waals surface area contributed by atoms with E-state index in [-0.39, 0.29) is 24.1 Å². The van der Waals surface area contributed by atoms with Gasteiger partial charge in [-0.1, -0.05) is 195 Å². The van der Waals surface area contributed by atoms with Gasteiger partial charge >= 0.3 is 11.9 Å². The van der Waals surface area contributed by atoms with Crippen LogP contribution in [0.4, 0.5) is 0 Å². The number of unbranched alkanes of at least 4 members (excludes halogenated alkanes) is 28. The highest BCUT2D eigenvalue weighted by molar-refractivity contribution is 5.69. The first-order valence-corrected chi connectivity index (χ1v) is 26.5. The highest BCUT2D eigenvalue weighted by Crippen LogP contribution is 2.20. The number of carbonyl (C=O) groups excluding carboxylic acids is 2. The minimum Gasteiger partial charge on any atom is -0.462 e. The second-order valence-corrected chi connectivity index (χ2v) is 18.3. The zero-order chi connectivity index (χ0) is 43.1. The summed E-state index contributed by atoms with van der Waals surface area (Å²) < 4.78 is 12.1. The van der Waals surface area contributed by atoms with Crippen LogP contribution >= 0.6 is 0 Å². The van der Waals surface area contributed by atoms with E-state index in [0.29, 0.717) is 12.8 Å². The van der Waals surface area contributed by atoms with Crippen LogP contribution in [-0.2, 0) is 19.1 Å². The monoisotopic (exact) mass is 830 g/mol. The molecule has 0 unspecified atom stereocenters. The third-order valence-electron chi connectivity index (χ3n) is 12.4. The first-order valence-electron chi connectivity index (χ1n) is 26.5. The standard InChI is InChI=1S/C54H103NO4/c1-6-11-16-20-26-34-42-51(43-35-27-21-17-12-7-2)58-53(56)46-38-30-24-32-40-49-55(48-15-10-5)50-41-33-25-31-39-47-54(57)59-52(44-36-28-22-18-13-8-3)45-37-29-23-19-14-9-4/h5,51-52H,6-9,11-50H2,1-4H3. The summed E-state index contributed by atoms with van der Waals surface area (Å²) in [6.07, 6.45) is 54.1. The highest BCUT2D eigenvalue weighted by Gasteiger charge is 2.16. The quantitative estimate of drug-likeness (QED) is 0.0347. The van der Waals surface area contributed by atoms with E-state index in [4.69, 9.17) is 15.9 Å². The van der Waals surface area contributed by atoms with E-state index >= 15 is 0 Å². The maximum absolute atomic E-state index is 12.8. The molecule has 0 aliphatic heterocycles. The van der Waals surface area contributed by atoms with Crippen molar-refractivity contribution in [2.75, 3.05) is 19.6 Å². The van der Waals surface area contributed by atoms with Crippen molar-refractivity contribution in [2.24, 2.45) is 0 Å². The zero-order valence-electron chi connectivity index (χ0n) is 40.4. The van der Waals surface area contributed by atoms with E-state index in [1.54, 1.807) is 0 Å². The number of hydrogen-bond donors (Lipinski definition) is 0. The summed E-state index contributed by atoms with van der Waals surface area (Å²) in [6.45, 7) is 12.3. The van der Waals surface area contributed by atoms with Crippen LogP contribution < -0.4 is 0 Å². The lowest BCUT2D eigenvalue weighted by Gasteiger charge is -2.21. The SMILES string of the molecule is C#CCCN(CCCCCCCC(=O)OC(CCCCCCCC)CCCCCCCC)CCCCCCCC(=O)OC(CCCCCCCC)CCCCCCCC. The lowest BCUT2D eigenvalue weighted by atomic mass is 10.0. The Morgan fingerprint density at radius 2 is 0.661 bits per heavy atom. The summed E-state index contributed by atoms with van der Waals surface area (Å²) in [5.41, 5.74) is 0. The van der Waals surface area contributed by atoms with Crippen LogP contribution in [0.1, 0.15) is 291 Å². The molecule has 0 aliphatic carbocycles. The second-order valence-electron chi connectivity index (χ2n) is 18.3. The molecule has 0 bridgehead atoms. The van der Waals surface area contributed by atoms with Gasteiger partial charge in [-0.05, 0) is 90.1 Å². The number of ether oxygens (including phenoxy) is 2. The van der Waals surface area contributed by atoms with Crippen molar-refractivity contribution in [2.45, 2.75) is 303 Å². The van der Waals surface area contributed by atoms with Gasteiger partial charge in [0.05, 0.1) is 0 Å². The molecule has 5 nitrogen and oxygen atoms in total. The molecule has 0 N–H and O–H groups in total. The van der Waals surface area contributed by atoms with Gasteiger partial charge in [0.2, 0.25) is 0 Å². The molecular weight excluding hydrogens is 727 g/mol. The number of nitrogens with zero attached hydrogens (tertiary/aromatic N) is 1. The van der Waals surface area contributed by atoms with E-state index in [0.717, 1.165) is 77.4 Å². The first kappa shape index (κ1) is 57.5. The molecule has 0 fully saturated rings. The van der Waals surface area contributed by atoms with E-state index in [1.807, 2.05) is 0 Å². The fourth-order valence-electron chi connectivity index (χ4n) is 8.45. The maximum atomic E-state index is 12.8. The van der Waals surface area contributed by atoms with Gasteiger partial charge in [-0.25, -0.2) is 0 Å². The van der Waals surface area contributed by atoms with E-state index < -0.39 is 0 Å². The molecule has 348 valence electrons. The molecule has 59 heavy (non-hydrogen) atoms. The predicted molar refractivity (Wildman–Crippen MR) is 257 cm³/mol. The van der Waals surface area contributed by atoms with Crippen molar-refractivity contribution in [1.82, 2.24) is 4.90 Å². The fraction of sp³-hybridized carbons (Fsp3) is 0.926. The van der Waals surface area contributed by atoms with Gasteiger partial charge in [0.25, 0.3) is 0 Å². The summed E-state index contributed by atoms with van der Waals surface area (Å²) in [7, 11) is 0. The van der Waals surface area contributed by atoms with Crippen LogP contribution in [0.25, 0.3) is 0 Å². The molecular formula is C54H103NO4. The second kappa shape index (κ2) is 47.5. The lowest BCUT2D eigenvalue weighted by molar-refractivity contribution is -0.151. The van der Waals surface area contributed by atoms with Gasteiger partial charge in [-0.2, -0.15) is 0 Å². The Hall–Kier alpha value is -1.54. The summed E-state index contributed by atoms with van der Waals surface area (Å²) in [4.78, 5) is 28.1. The lowest BCUT2D eigenvalue weighted by Crippen LogP contribution is -2.27. The molecule has 0 atom stereocenters. The van der Waals surface area contributed by atoms with Gasteiger partial charge in [-0.3, -0.25) is 9.59 Å². The molecule has 0 saturated carbocycles. The number of terminal acetylenes is 1. The van der Waals surface area contributed by atoms with Crippen LogP contribution in [0.2, 0.25) is 0 Å². The smallest absolute Gasteiger partial charge is 0.306 e. The average Bonchev–Trinajstić information content (AvgIpc) is 3.23. The van der Waals surface area contributed by atoms with Crippen molar-refractivity contribution >= 4 is 11.9 Å². The Labute approximate surface area is 369 Å². The van der Waals surface area contributed by atoms with Crippen molar-refractivity contribution in [3.8, 4) is 12.3 Å². The fourth-order valence-corrected chi connectivity index (χ4v) is 8.45.